The molecule has 2 N–H and O–H groups in total. The molecule has 2 aromatic carbocycles. The molecule has 34 heavy (non-hydrogen) atoms. The van der Waals surface area contributed by atoms with Gasteiger partial charge in [-0.1, -0.05) is 17.7 Å². The van der Waals surface area contributed by atoms with Crippen LogP contribution >= 0.6 is 11.6 Å². The molecular weight excluding hydrogens is 463 g/mol. The average molecular weight is 491 g/mol. The van der Waals surface area contributed by atoms with E-state index in [-0.39, 0.29) is 24.4 Å². The number of hydrogen-bond acceptors (Lipinski definition) is 6. The molecule has 1 fully saturated rings. The lowest BCUT2D eigenvalue weighted by Crippen LogP contribution is -2.53. The van der Waals surface area contributed by atoms with Crippen LogP contribution in [0.25, 0.3) is 0 Å². The normalized spacial score (nSPS) is 17.5. The van der Waals surface area contributed by atoms with Crippen LogP contribution in [0.5, 0.6) is 11.5 Å². The van der Waals surface area contributed by atoms with Gasteiger partial charge in [0, 0.05) is 50.4 Å². The van der Waals surface area contributed by atoms with E-state index in [0.717, 1.165) is 6.42 Å². The van der Waals surface area contributed by atoms with Crippen LogP contribution in [0.15, 0.2) is 36.4 Å². The second kappa shape index (κ2) is 11.0. The third-order valence-corrected chi connectivity index (χ3v) is 6.22. The van der Waals surface area contributed by atoms with Crippen LogP contribution in [0, 0.1) is 5.82 Å². The number of carbonyl (C=O) groups is 2. The number of ether oxygens (including phenoxy) is 2. The number of fused-ring (bicyclic) bond motifs is 1. The van der Waals surface area contributed by atoms with Gasteiger partial charge in [-0.3, -0.25) is 19.4 Å². The summed E-state index contributed by atoms with van der Waals surface area (Å²) >= 11 is 6.32. The van der Waals surface area contributed by atoms with Crippen molar-refractivity contribution in [2.45, 2.75) is 19.4 Å². The fourth-order valence-corrected chi connectivity index (χ4v) is 4.16. The SMILES string of the molecule is CC(C(=O)Nc1cccc(F)c1)N1CCN(CC(=O)Nc2cc3c(cc2Cl)OCCCO3)CC1. The lowest BCUT2D eigenvalue weighted by molar-refractivity contribution is -0.122. The lowest BCUT2D eigenvalue weighted by atomic mass is 10.2. The van der Waals surface area contributed by atoms with Crippen LogP contribution in [-0.2, 0) is 9.59 Å². The van der Waals surface area contributed by atoms with Crippen LogP contribution < -0.4 is 20.1 Å². The number of nitrogens with zero attached hydrogens (tertiary/aromatic N) is 2. The Hall–Kier alpha value is -2.88. The number of amides is 2. The summed E-state index contributed by atoms with van der Waals surface area (Å²) in [5.41, 5.74) is 0.915. The van der Waals surface area contributed by atoms with Gasteiger partial charge in [0.15, 0.2) is 11.5 Å². The maximum Gasteiger partial charge on any atom is 0.241 e. The molecule has 1 unspecified atom stereocenters. The Kier molecular flexibility index (Phi) is 7.87. The fourth-order valence-electron chi connectivity index (χ4n) is 3.96. The number of anilines is 2. The minimum absolute atomic E-state index is 0.179. The molecule has 0 radical (unpaired) electrons. The summed E-state index contributed by atoms with van der Waals surface area (Å²) < 4.78 is 24.6. The zero-order valence-corrected chi connectivity index (χ0v) is 19.7. The zero-order chi connectivity index (χ0) is 24.1. The monoisotopic (exact) mass is 490 g/mol. The standard InChI is InChI=1S/C24H28ClFN4O4/c1-16(24(32)27-18-5-2-4-17(26)12-18)30-8-6-29(7-9-30)15-23(31)28-20-14-22-21(13-19(20)25)33-10-3-11-34-22/h2,4-5,12-14,16H,3,6-11,15H2,1H3,(H,27,32)(H,28,31). The molecule has 4 rings (SSSR count). The van der Waals surface area contributed by atoms with Crippen molar-refractivity contribution >= 4 is 34.8 Å². The second-order valence-electron chi connectivity index (χ2n) is 8.37. The molecule has 1 atom stereocenters. The molecule has 10 heteroatoms. The number of benzene rings is 2. The van der Waals surface area contributed by atoms with Gasteiger partial charge in [0.2, 0.25) is 11.8 Å². The van der Waals surface area contributed by atoms with Gasteiger partial charge < -0.3 is 20.1 Å². The van der Waals surface area contributed by atoms with Crippen molar-refractivity contribution in [2.75, 3.05) is 56.6 Å². The van der Waals surface area contributed by atoms with E-state index in [0.29, 0.717) is 67.3 Å². The number of piperazine rings is 1. The number of carbonyl (C=O) groups excluding carboxylic acids is 2. The first-order valence-corrected chi connectivity index (χ1v) is 11.7. The van der Waals surface area contributed by atoms with Gasteiger partial charge in [0.05, 0.1) is 36.5 Å². The van der Waals surface area contributed by atoms with Crippen molar-refractivity contribution in [1.82, 2.24) is 9.80 Å². The van der Waals surface area contributed by atoms with E-state index in [1.165, 1.54) is 12.1 Å². The van der Waals surface area contributed by atoms with E-state index in [1.807, 2.05) is 16.7 Å². The molecule has 1 saturated heterocycles. The van der Waals surface area contributed by atoms with E-state index < -0.39 is 5.82 Å². The largest absolute Gasteiger partial charge is 0.490 e. The van der Waals surface area contributed by atoms with Gasteiger partial charge in [-0.25, -0.2) is 4.39 Å². The molecule has 0 aromatic heterocycles. The van der Waals surface area contributed by atoms with Crippen molar-refractivity contribution in [3.05, 3.63) is 47.2 Å². The Bertz CT molecular complexity index is 1050. The molecule has 2 aliphatic rings. The average Bonchev–Trinajstić information content (AvgIpc) is 3.04. The van der Waals surface area contributed by atoms with Crippen molar-refractivity contribution in [1.29, 1.82) is 0 Å². The molecule has 0 spiro atoms. The number of rotatable bonds is 6. The third-order valence-electron chi connectivity index (χ3n) is 5.90. The van der Waals surface area contributed by atoms with E-state index in [1.54, 1.807) is 24.3 Å². The Morgan fingerprint density at radius 1 is 1.06 bits per heavy atom. The van der Waals surface area contributed by atoms with E-state index >= 15 is 0 Å². The second-order valence-corrected chi connectivity index (χ2v) is 8.77. The highest BCUT2D eigenvalue weighted by atomic mass is 35.5. The number of halogens is 2. The first-order valence-electron chi connectivity index (χ1n) is 11.3. The predicted molar refractivity (Wildman–Crippen MR) is 128 cm³/mol. The van der Waals surface area contributed by atoms with Crippen molar-refractivity contribution < 1.29 is 23.5 Å². The molecule has 8 nitrogen and oxygen atoms in total. The summed E-state index contributed by atoms with van der Waals surface area (Å²) in [5, 5.41) is 6.00. The molecule has 0 saturated carbocycles. The summed E-state index contributed by atoms with van der Waals surface area (Å²) in [4.78, 5) is 29.3. The van der Waals surface area contributed by atoms with Crippen LogP contribution in [0.4, 0.5) is 15.8 Å². The van der Waals surface area contributed by atoms with Crippen LogP contribution in [0.1, 0.15) is 13.3 Å². The maximum atomic E-state index is 13.4. The highest BCUT2D eigenvalue weighted by Gasteiger charge is 2.26. The third kappa shape index (κ3) is 6.16. The maximum absolute atomic E-state index is 13.4. The minimum Gasteiger partial charge on any atom is -0.490 e. The first kappa shape index (κ1) is 24.3. The van der Waals surface area contributed by atoms with Crippen LogP contribution in [-0.4, -0.2) is 73.6 Å². The number of hydrogen-bond donors (Lipinski definition) is 2. The minimum atomic E-state index is -0.398. The highest BCUT2D eigenvalue weighted by molar-refractivity contribution is 6.34. The lowest BCUT2D eigenvalue weighted by Gasteiger charge is -2.37. The van der Waals surface area contributed by atoms with Gasteiger partial charge >= 0.3 is 0 Å². The summed E-state index contributed by atoms with van der Waals surface area (Å²) in [6.45, 7) is 5.69. The summed E-state index contributed by atoms with van der Waals surface area (Å²) in [5.74, 6) is 0.372. The van der Waals surface area contributed by atoms with Crippen molar-refractivity contribution in [3.63, 3.8) is 0 Å². The predicted octanol–water partition coefficient (Wildman–Crippen LogP) is 3.22. The zero-order valence-electron chi connectivity index (χ0n) is 19.0. The smallest absolute Gasteiger partial charge is 0.241 e. The van der Waals surface area contributed by atoms with Gasteiger partial charge in [-0.2, -0.15) is 0 Å². The topological polar surface area (TPSA) is 83.1 Å². The molecule has 182 valence electrons. The summed E-state index contributed by atoms with van der Waals surface area (Å²) in [6.07, 6.45) is 0.783. The molecule has 2 aromatic rings. The van der Waals surface area contributed by atoms with E-state index in [2.05, 4.69) is 10.6 Å². The van der Waals surface area contributed by atoms with Gasteiger partial charge in [0.25, 0.3) is 0 Å². The first-order chi connectivity index (χ1) is 16.4. The Morgan fingerprint density at radius 2 is 1.76 bits per heavy atom. The highest BCUT2D eigenvalue weighted by Crippen LogP contribution is 2.37. The van der Waals surface area contributed by atoms with Crippen LogP contribution in [0.2, 0.25) is 5.02 Å². The van der Waals surface area contributed by atoms with Crippen molar-refractivity contribution in [3.8, 4) is 11.5 Å². The molecule has 0 bridgehead atoms. The Balaban J connectivity index is 1.25. The fraction of sp³-hybridized carbons (Fsp3) is 0.417. The van der Waals surface area contributed by atoms with Crippen LogP contribution in [0.3, 0.4) is 0 Å². The molecule has 2 aliphatic heterocycles. The molecular formula is C24H28ClFN4O4. The quantitative estimate of drug-likeness (QED) is 0.647. The van der Waals surface area contributed by atoms with Crippen molar-refractivity contribution in [2.24, 2.45) is 0 Å². The number of nitrogens with one attached hydrogen (secondary N) is 2. The molecule has 2 heterocycles. The van der Waals surface area contributed by atoms with Gasteiger partial charge in [-0.05, 0) is 25.1 Å². The van der Waals surface area contributed by atoms with Gasteiger partial charge in [-0.15, -0.1) is 0 Å². The molecule has 0 aliphatic carbocycles. The van der Waals surface area contributed by atoms with Gasteiger partial charge in [0.1, 0.15) is 5.82 Å². The Morgan fingerprint density at radius 3 is 2.47 bits per heavy atom. The summed E-state index contributed by atoms with van der Waals surface area (Å²) in [7, 11) is 0. The van der Waals surface area contributed by atoms with E-state index in [9.17, 15) is 14.0 Å². The van der Waals surface area contributed by atoms with E-state index in [4.69, 9.17) is 21.1 Å². The Labute approximate surface area is 202 Å². The molecule has 2 amide bonds. The summed E-state index contributed by atoms with van der Waals surface area (Å²) in [6, 6.07) is 8.80.